The highest BCUT2D eigenvalue weighted by molar-refractivity contribution is 5.19. The molecule has 1 aromatic carbocycles. The fourth-order valence-corrected chi connectivity index (χ4v) is 1.76. The molecular formula is C11H14FN5. The molecule has 90 valence electrons. The van der Waals surface area contributed by atoms with Gasteiger partial charge in [-0.05, 0) is 24.1 Å². The second-order valence-corrected chi connectivity index (χ2v) is 3.84. The highest BCUT2D eigenvalue weighted by Gasteiger charge is 2.14. The van der Waals surface area contributed by atoms with Gasteiger partial charge in [0.2, 0.25) is 0 Å². The minimum atomic E-state index is -0.249. The van der Waals surface area contributed by atoms with E-state index in [0.717, 1.165) is 11.3 Å². The first-order chi connectivity index (χ1) is 8.20. The second kappa shape index (κ2) is 5.03. The molecule has 2 rings (SSSR count). The summed E-state index contributed by atoms with van der Waals surface area (Å²) in [6.45, 7) is 0. The molecule has 5 nitrogen and oxygen atoms in total. The minimum absolute atomic E-state index is 0.142. The minimum Gasteiger partial charge on any atom is -0.271 e. The highest BCUT2D eigenvalue weighted by atomic mass is 19.1. The molecule has 0 fully saturated rings. The van der Waals surface area contributed by atoms with Gasteiger partial charge in [0.05, 0.1) is 17.9 Å². The molecule has 6 heteroatoms. The number of halogens is 1. The highest BCUT2D eigenvalue weighted by Crippen LogP contribution is 2.16. The van der Waals surface area contributed by atoms with Gasteiger partial charge >= 0.3 is 0 Å². The zero-order chi connectivity index (χ0) is 12.3. The van der Waals surface area contributed by atoms with Crippen LogP contribution in [0.4, 0.5) is 4.39 Å². The first kappa shape index (κ1) is 11.7. The number of rotatable bonds is 4. The Bertz CT molecular complexity index is 496. The molecule has 0 aliphatic heterocycles. The molecule has 0 radical (unpaired) electrons. The number of hydrogen-bond acceptors (Lipinski definition) is 4. The van der Waals surface area contributed by atoms with E-state index in [9.17, 15) is 4.39 Å². The van der Waals surface area contributed by atoms with Crippen molar-refractivity contribution in [3.63, 3.8) is 0 Å². The summed E-state index contributed by atoms with van der Waals surface area (Å²) in [5, 5.41) is 7.63. The fourth-order valence-electron chi connectivity index (χ4n) is 1.76. The summed E-state index contributed by atoms with van der Waals surface area (Å²) in [4.78, 5) is 0. The zero-order valence-electron chi connectivity index (χ0n) is 9.47. The number of aryl methyl sites for hydroxylation is 1. The molecule has 3 N–H and O–H groups in total. The number of hydrogen-bond donors (Lipinski definition) is 2. The van der Waals surface area contributed by atoms with Gasteiger partial charge in [-0.3, -0.25) is 16.0 Å². The molecule has 0 spiro atoms. The van der Waals surface area contributed by atoms with Gasteiger partial charge in [-0.2, -0.15) is 0 Å². The number of nitrogens with two attached hydrogens (primary N) is 1. The predicted molar refractivity (Wildman–Crippen MR) is 61.2 cm³/mol. The van der Waals surface area contributed by atoms with Crippen molar-refractivity contribution in [1.29, 1.82) is 0 Å². The fraction of sp³-hybridized carbons (Fsp3) is 0.273. The summed E-state index contributed by atoms with van der Waals surface area (Å²) >= 11 is 0. The van der Waals surface area contributed by atoms with Crippen molar-refractivity contribution < 1.29 is 4.39 Å². The molecular weight excluding hydrogens is 221 g/mol. The van der Waals surface area contributed by atoms with Crippen LogP contribution < -0.4 is 11.3 Å². The van der Waals surface area contributed by atoms with E-state index in [1.165, 1.54) is 12.1 Å². The molecule has 1 unspecified atom stereocenters. The maximum absolute atomic E-state index is 13.1. The summed E-state index contributed by atoms with van der Waals surface area (Å²) < 4.78 is 14.7. The summed E-state index contributed by atoms with van der Waals surface area (Å²) in [5.74, 6) is 5.26. The first-order valence-corrected chi connectivity index (χ1v) is 5.26. The Kier molecular flexibility index (Phi) is 3.46. The van der Waals surface area contributed by atoms with Crippen LogP contribution in [0.1, 0.15) is 17.3 Å². The van der Waals surface area contributed by atoms with Crippen LogP contribution in [-0.4, -0.2) is 15.0 Å². The Balaban J connectivity index is 2.19. The third-order valence-electron chi connectivity index (χ3n) is 2.64. The Labute approximate surface area is 98.4 Å². The average molecular weight is 235 g/mol. The molecule has 0 saturated heterocycles. The van der Waals surface area contributed by atoms with E-state index in [0.29, 0.717) is 6.42 Å². The van der Waals surface area contributed by atoms with Crippen LogP contribution in [0.5, 0.6) is 0 Å². The smallest absolute Gasteiger partial charge is 0.123 e. The topological polar surface area (TPSA) is 68.8 Å². The van der Waals surface area contributed by atoms with Crippen molar-refractivity contribution in [3.8, 4) is 0 Å². The largest absolute Gasteiger partial charge is 0.271 e. The van der Waals surface area contributed by atoms with Gasteiger partial charge in [0.15, 0.2) is 0 Å². The Hall–Kier alpha value is -1.79. The average Bonchev–Trinajstić information content (AvgIpc) is 2.72. The standard InChI is InChI=1S/C11H14FN5/c1-17-11(7-14-16-17)10(15-13)6-8-3-2-4-9(12)5-8/h2-5,7,10,15H,6,13H2,1H3. The molecule has 1 aromatic heterocycles. The normalized spacial score (nSPS) is 12.6. The van der Waals surface area contributed by atoms with E-state index in [1.807, 2.05) is 6.07 Å². The first-order valence-electron chi connectivity index (χ1n) is 5.26. The molecule has 0 aliphatic carbocycles. The molecule has 1 heterocycles. The van der Waals surface area contributed by atoms with Crippen LogP contribution in [0.3, 0.4) is 0 Å². The van der Waals surface area contributed by atoms with E-state index in [-0.39, 0.29) is 11.9 Å². The number of nitrogens with zero attached hydrogens (tertiary/aromatic N) is 3. The van der Waals surface area contributed by atoms with Gasteiger partial charge in [-0.25, -0.2) is 4.39 Å². The lowest BCUT2D eigenvalue weighted by atomic mass is 10.0. The van der Waals surface area contributed by atoms with Gasteiger partial charge in [0.1, 0.15) is 5.82 Å². The number of hydrazine groups is 1. The van der Waals surface area contributed by atoms with E-state index < -0.39 is 0 Å². The van der Waals surface area contributed by atoms with Gasteiger partial charge in [-0.15, -0.1) is 5.10 Å². The van der Waals surface area contributed by atoms with Crippen molar-refractivity contribution in [2.75, 3.05) is 0 Å². The molecule has 0 amide bonds. The van der Waals surface area contributed by atoms with Crippen LogP contribution in [-0.2, 0) is 13.5 Å². The zero-order valence-corrected chi connectivity index (χ0v) is 9.47. The van der Waals surface area contributed by atoms with E-state index in [4.69, 9.17) is 5.84 Å². The van der Waals surface area contributed by atoms with Crippen LogP contribution in [0.15, 0.2) is 30.5 Å². The Morgan fingerprint density at radius 1 is 1.53 bits per heavy atom. The number of nitrogens with one attached hydrogen (secondary N) is 1. The van der Waals surface area contributed by atoms with Crippen molar-refractivity contribution in [2.45, 2.75) is 12.5 Å². The second-order valence-electron chi connectivity index (χ2n) is 3.84. The number of aromatic nitrogens is 3. The predicted octanol–water partition coefficient (Wildman–Crippen LogP) is 0.701. The van der Waals surface area contributed by atoms with E-state index >= 15 is 0 Å². The summed E-state index contributed by atoms with van der Waals surface area (Å²) in [6, 6.07) is 6.31. The number of benzene rings is 1. The SMILES string of the molecule is Cn1nncc1C(Cc1cccc(F)c1)NN. The summed E-state index contributed by atoms with van der Waals surface area (Å²) in [5.41, 5.74) is 4.42. The molecule has 1 atom stereocenters. The molecule has 2 aromatic rings. The van der Waals surface area contributed by atoms with Gasteiger partial charge in [-0.1, -0.05) is 17.3 Å². The van der Waals surface area contributed by atoms with Crippen LogP contribution in [0, 0.1) is 5.82 Å². The quantitative estimate of drug-likeness (QED) is 0.604. The Morgan fingerprint density at radius 2 is 2.35 bits per heavy atom. The molecule has 17 heavy (non-hydrogen) atoms. The molecule has 0 saturated carbocycles. The van der Waals surface area contributed by atoms with Crippen LogP contribution >= 0.6 is 0 Å². The van der Waals surface area contributed by atoms with Crippen molar-refractivity contribution in [3.05, 3.63) is 47.5 Å². The van der Waals surface area contributed by atoms with Crippen molar-refractivity contribution >= 4 is 0 Å². The Morgan fingerprint density at radius 3 is 2.94 bits per heavy atom. The third kappa shape index (κ3) is 2.66. The van der Waals surface area contributed by atoms with E-state index in [2.05, 4.69) is 15.7 Å². The molecule has 0 bridgehead atoms. The van der Waals surface area contributed by atoms with Crippen molar-refractivity contribution in [2.24, 2.45) is 12.9 Å². The van der Waals surface area contributed by atoms with Gasteiger partial charge in [0.25, 0.3) is 0 Å². The summed E-state index contributed by atoms with van der Waals surface area (Å²) in [6.07, 6.45) is 2.22. The monoisotopic (exact) mass is 235 g/mol. The van der Waals surface area contributed by atoms with Crippen LogP contribution in [0.25, 0.3) is 0 Å². The van der Waals surface area contributed by atoms with E-state index in [1.54, 1.807) is 24.0 Å². The van der Waals surface area contributed by atoms with Crippen LogP contribution in [0.2, 0.25) is 0 Å². The lowest BCUT2D eigenvalue weighted by Gasteiger charge is -2.15. The van der Waals surface area contributed by atoms with Gasteiger partial charge < -0.3 is 0 Å². The lowest BCUT2D eigenvalue weighted by Crippen LogP contribution is -2.31. The lowest BCUT2D eigenvalue weighted by molar-refractivity contribution is 0.505. The maximum Gasteiger partial charge on any atom is 0.123 e. The molecule has 0 aliphatic rings. The maximum atomic E-state index is 13.1. The van der Waals surface area contributed by atoms with Gasteiger partial charge in [0, 0.05) is 7.05 Å². The summed E-state index contributed by atoms with van der Waals surface area (Å²) in [7, 11) is 1.79. The van der Waals surface area contributed by atoms with Crippen molar-refractivity contribution in [1.82, 2.24) is 20.4 Å². The third-order valence-corrected chi connectivity index (χ3v) is 2.64.